The molecule has 5 nitrogen and oxygen atoms in total. The van der Waals surface area contributed by atoms with Crippen molar-refractivity contribution in [2.75, 3.05) is 26.2 Å². The van der Waals surface area contributed by atoms with E-state index in [-0.39, 0.29) is 35.7 Å². The Morgan fingerprint density at radius 3 is 2.83 bits per heavy atom. The van der Waals surface area contributed by atoms with E-state index in [4.69, 9.17) is 0 Å². The molecule has 134 valence electrons. The average molecular weight is 372 g/mol. The highest BCUT2D eigenvalue weighted by Gasteiger charge is 2.36. The second-order valence-electron chi connectivity index (χ2n) is 6.91. The monoisotopic (exact) mass is 371 g/mol. The van der Waals surface area contributed by atoms with E-state index in [2.05, 4.69) is 17.6 Å². The molecule has 7 heteroatoms. The lowest BCUT2D eigenvalue weighted by atomic mass is 9.81. The summed E-state index contributed by atoms with van der Waals surface area (Å²) >= 11 is 1.44. The van der Waals surface area contributed by atoms with Gasteiger partial charge in [0, 0.05) is 13.1 Å². The lowest BCUT2D eigenvalue weighted by molar-refractivity contribution is -0.125. The van der Waals surface area contributed by atoms with Crippen molar-refractivity contribution in [3.63, 3.8) is 0 Å². The molecule has 0 radical (unpaired) electrons. The largest absolute Gasteiger partial charge is 0.354 e. The van der Waals surface area contributed by atoms with Crippen molar-refractivity contribution >= 4 is 35.6 Å². The zero-order chi connectivity index (χ0) is 16.3. The molecule has 3 rings (SSSR count). The summed E-state index contributed by atoms with van der Waals surface area (Å²) in [5.74, 6) is -0.00195. The number of likely N-dealkylation sites (tertiary alicyclic amines) is 1. The van der Waals surface area contributed by atoms with E-state index < -0.39 is 0 Å². The van der Waals surface area contributed by atoms with Crippen molar-refractivity contribution in [3.05, 3.63) is 22.4 Å². The molecule has 2 aliphatic heterocycles. The fraction of sp³-hybridized carbons (Fsp3) is 0.647. The summed E-state index contributed by atoms with van der Waals surface area (Å²) in [6.07, 6.45) is 3.82. The minimum atomic E-state index is -0.310. The number of amides is 2. The Kier molecular flexibility index (Phi) is 6.66. The maximum absolute atomic E-state index is 12.6. The van der Waals surface area contributed by atoms with Crippen LogP contribution in [0.15, 0.2) is 17.5 Å². The van der Waals surface area contributed by atoms with Crippen molar-refractivity contribution < 1.29 is 9.59 Å². The summed E-state index contributed by atoms with van der Waals surface area (Å²) in [6, 6.07) is 3.40. The fourth-order valence-corrected chi connectivity index (χ4v) is 4.13. The molecule has 0 aromatic carbocycles. The van der Waals surface area contributed by atoms with E-state index in [1.54, 1.807) is 4.90 Å². The molecular formula is C17H26ClN3O2S. The number of thiophene rings is 1. The van der Waals surface area contributed by atoms with Crippen molar-refractivity contribution in [2.24, 2.45) is 5.41 Å². The summed E-state index contributed by atoms with van der Waals surface area (Å²) in [7, 11) is 0. The van der Waals surface area contributed by atoms with Crippen LogP contribution in [0.25, 0.3) is 0 Å². The molecule has 1 aromatic heterocycles. The van der Waals surface area contributed by atoms with E-state index in [1.165, 1.54) is 11.3 Å². The number of nitrogens with zero attached hydrogens (tertiary/aromatic N) is 1. The number of rotatable bonds is 4. The number of carbonyl (C=O) groups excluding carboxylic acids is 2. The second kappa shape index (κ2) is 8.32. The van der Waals surface area contributed by atoms with Crippen molar-refractivity contribution in [1.29, 1.82) is 0 Å². The van der Waals surface area contributed by atoms with E-state index >= 15 is 0 Å². The van der Waals surface area contributed by atoms with Gasteiger partial charge in [0.05, 0.1) is 4.88 Å². The first-order valence-electron chi connectivity index (χ1n) is 8.42. The molecule has 0 bridgehead atoms. The zero-order valence-electron chi connectivity index (χ0n) is 14.0. The maximum Gasteiger partial charge on any atom is 0.264 e. The normalized spacial score (nSPS) is 22.7. The van der Waals surface area contributed by atoms with Gasteiger partial charge in [-0.25, -0.2) is 0 Å². The van der Waals surface area contributed by atoms with Crippen molar-refractivity contribution in [1.82, 2.24) is 15.5 Å². The Hall–Kier alpha value is -1.11. The Morgan fingerprint density at radius 1 is 1.42 bits per heavy atom. The minimum Gasteiger partial charge on any atom is -0.354 e. The minimum absolute atomic E-state index is 0. The Morgan fingerprint density at radius 2 is 2.17 bits per heavy atom. The third kappa shape index (κ3) is 4.29. The summed E-state index contributed by atoms with van der Waals surface area (Å²) < 4.78 is 0. The molecule has 2 aliphatic rings. The molecule has 0 aliphatic carbocycles. The molecule has 1 aromatic rings. The molecule has 2 saturated heterocycles. The van der Waals surface area contributed by atoms with Crippen LogP contribution in [0.3, 0.4) is 0 Å². The molecule has 0 saturated carbocycles. The van der Waals surface area contributed by atoms with E-state index in [1.807, 2.05) is 17.5 Å². The molecule has 1 unspecified atom stereocenters. The second-order valence-corrected chi connectivity index (χ2v) is 7.86. The molecular weight excluding hydrogens is 346 g/mol. The van der Waals surface area contributed by atoms with Crippen LogP contribution in [0, 0.1) is 5.41 Å². The summed E-state index contributed by atoms with van der Waals surface area (Å²) in [5.41, 5.74) is 0.169. The van der Waals surface area contributed by atoms with Gasteiger partial charge in [-0.2, -0.15) is 0 Å². The number of piperidine rings is 1. The number of hydrogen-bond acceptors (Lipinski definition) is 4. The third-order valence-corrected chi connectivity index (χ3v) is 5.91. The lowest BCUT2D eigenvalue weighted by Crippen LogP contribution is -2.49. The van der Waals surface area contributed by atoms with Crippen molar-refractivity contribution in [3.8, 4) is 0 Å². The maximum atomic E-state index is 12.6. The standard InChI is InChI=1S/C17H25N3O2S.ClH/c1-17(6-8-18-9-7-17)12-19-15(21)13-4-2-10-20(13)16(22)14-5-3-11-23-14;/h3,5,11,13,18H,2,4,6-10,12H2,1H3,(H,19,21);1H. The van der Waals surface area contributed by atoms with Gasteiger partial charge in [0.1, 0.15) is 6.04 Å². The predicted molar refractivity (Wildman–Crippen MR) is 98.8 cm³/mol. The van der Waals surface area contributed by atoms with Crippen molar-refractivity contribution in [2.45, 2.75) is 38.6 Å². The molecule has 24 heavy (non-hydrogen) atoms. The van der Waals surface area contributed by atoms with E-state index in [9.17, 15) is 9.59 Å². The summed E-state index contributed by atoms with van der Waals surface area (Å²) in [5, 5.41) is 8.36. The molecule has 0 spiro atoms. The van der Waals surface area contributed by atoms with Gasteiger partial charge in [-0.3, -0.25) is 9.59 Å². The predicted octanol–water partition coefficient (Wildman–Crippen LogP) is 2.28. The first-order valence-corrected chi connectivity index (χ1v) is 9.30. The first kappa shape index (κ1) is 19.2. The van der Waals surface area contributed by atoms with Gasteiger partial charge < -0.3 is 15.5 Å². The van der Waals surface area contributed by atoms with Crippen LogP contribution in [0.1, 0.15) is 42.3 Å². The number of halogens is 1. The van der Waals surface area contributed by atoms with Gasteiger partial charge in [-0.05, 0) is 55.6 Å². The summed E-state index contributed by atoms with van der Waals surface area (Å²) in [6.45, 7) is 5.63. The Balaban J connectivity index is 0.00000208. The fourth-order valence-electron chi connectivity index (χ4n) is 3.45. The smallest absolute Gasteiger partial charge is 0.264 e. The quantitative estimate of drug-likeness (QED) is 0.853. The number of carbonyl (C=O) groups is 2. The number of nitrogens with one attached hydrogen (secondary N) is 2. The van der Waals surface area contributed by atoms with Gasteiger partial charge in [0.25, 0.3) is 5.91 Å². The van der Waals surface area contributed by atoms with Crippen LogP contribution < -0.4 is 10.6 Å². The highest BCUT2D eigenvalue weighted by Crippen LogP contribution is 2.27. The lowest BCUT2D eigenvalue weighted by Gasteiger charge is -2.35. The molecule has 1 atom stereocenters. The Labute approximate surface area is 153 Å². The van der Waals surface area contributed by atoms with Gasteiger partial charge in [0.15, 0.2) is 0 Å². The Bertz CT molecular complexity index is 558. The van der Waals surface area contributed by atoms with Gasteiger partial charge in [0.2, 0.25) is 5.91 Å². The molecule has 2 fully saturated rings. The van der Waals surface area contributed by atoms with Gasteiger partial charge in [-0.1, -0.05) is 13.0 Å². The molecule has 2 amide bonds. The topological polar surface area (TPSA) is 61.4 Å². The molecule has 2 N–H and O–H groups in total. The van der Waals surface area contributed by atoms with Crippen LogP contribution in [0.2, 0.25) is 0 Å². The van der Waals surface area contributed by atoms with Crippen LogP contribution >= 0.6 is 23.7 Å². The SMILES string of the molecule is CC1(CNC(=O)C2CCCN2C(=O)c2cccs2)CCNCC1.Cl. The van der Waals surface area contributed by atoms with E-state index in [0.717, 1.165) is 43.6 Å². The van der Waals surface area contributed by atoms with Gasteiger partial charge in [-0.15, -0.1) is 23.7 Å². The van der Waals surface area contributed by atoms with Crippen LogP contribution in [-0.2, 0) is 4.79 Å². The molecule has 3 heterocycles. The summed E-state index contributed by atoms with van der Waals surface area (Å²) in [4.78, 5) is 27.6. The zero-order valence-corrected chi connectivity index (χ0v) is 15.7. The number of hydrogen-bond donors (Lipinski definition) is 2. The first-order chi connectivity index (χ1) is 11.1. The van der Waals surface area contributed by atoms with Crippen LogP contribution in [0.5, 0.6) is 0 Å². The average Bonchev–Trinajstić information content (AvgIpc) is 3.24. The van der Waals surface area contributed by atoms with Crippen LogP contribution in [-0.4, -0.2) is 48.9 Å². The highest BCUT2D eigenvalue weighted by atomic mass is 35.5. The highest BCUT2D eigenvalue weighted by molar-refractivity contribution is 7.12. The van der Waals surface area contributed by atoms with Gasteiger partial charge >= 0.3 is 0 Å². The van der Waals surface area contributed by atoms with Crippen LogP contribution in [0.4, 0.5) is 0 Å². The third-order valence-electron chi connectivity index (χ3n) is 5.05. The van der Waals surface area contributed by atoms with E-state index in [0.29, 0.717) is 13.1 Å².